The van der Waals surface area contributed by atoms with Crippen LogP contribution in [0.4, 0.5) is 0 Å². The summed E-state index contributed by atoms with van der Waals surface area (Å²) in [7, 11) is 1.24. The van der Waals surface area contributed by atoms with Crippen molar-refractivity contribution in [1.82, 2.24) is 10.7 Å². The molecule has 0 aromatic rings. The van der Waals surface area contributed by atoms with Crippen LogP contribution in [-0.4, -0.2) is 48.4 Å². The Kier molecular flexibility index (Phi) is 4.58. The molecule has 0 aromatic heterocycles. The van der Waals surface area contributed by atoms with Crippen LogP contribution in [0.3, 0.4) is 0 Å². The highest BCUT2D eigenvalue weighted by Crippen LogP contribution is 1.99. The van der Waals surface area contributed by atoms with Crippen LogP contribution in [0.5, 0.6) is 0 Å². The molecule has 1 atom stereocenters. The van der Waals surface area contributed by atoms with E-state index in [-0.39, 0.29) is 31.0 Å². The fourth-order valence-electron chi connectivity index (χ4n) is 1.20. The first-order valence-corrected chi connectivity index (χ1v) is 4.93. The number of carbonyl (C=O) groups excluding carboxylic acids is 2. The summed E-state index contributed by atoms with van der Waals surface area (Å²) in [4.78, 5) is 32.9. The van der Waals surface area contributed by atoms with Crippen LogP contribution in [0.15, 0.2) is 5.10 Å². The molecule has 2 amide bonds. The van der Waals surface area contributed by atoms with Gasteiger partial charge in [0.15, 0.2) is 6.10 Å². The maximum atomic E-state index is 11.5. The highest BCUT2D eigenvalue weighted by atomic mass is 16.5. The van der Waals surface area contributed by atoms with E-state index in [9.17, 15) is 14.4 Å². The Hall–Kier alpha value is -1.96. The standard InChI is InChI=1S/C9H13N3O5/c1-17-6(9(15)16)4-10-8(14)5-2-3-7(13)12-11-5/h6H,2-4H2,1H3,(H,10,14)(H,12,13)(H,15,16). The molecule has 8 nitrogen and oxygen atoms in total. The van der Waals surface area contributed by atoms with Crippen LogP contribution in [0, 0.1) is 0 Å². The van der Waals surface area contributed by atoms with Crippen LogP contribution >= 0.6 is 0 Å². The number of rotatable bonds is 5. The van der Waals surface area contributed by atoms with Gasteiger partial charge in [0.2, 0.25) is 5.91 Å². The van der Waals surface area contributed by atoms with Crippen molar-refractivity contribution in [3.05, 3.63) is 0 Å². The monoisotopic (exact) mass is 243 g/mol. The molecule has 1 aliphatic heterocycles. The van der Waals surface area contributed by atoms with E-state index in [2.05, 4.69) is 20.6 Å². The van der Waals surface area contributed by atoms with Gasteiger partial charge in [0.05, 0.1) is 6.54 Å². The Morgan fingerprint density at radius 3 is 2.76 bits per heavy atom. The average Bonchev–Trinajstić information content (AvgIpc) is 2.30. The first-order valence-electron chi connectivity index (χ1n) is 4.93. The van der Waals surface area contributed by atoms with Gasteiger partial charge in [-0.2, -0.15) is 5.10 Å². The minimum Gasteiger partial charge on any atom is -0.479 e. The Bertz CT molecular complexity index is 366. The molecule has 0 fully saturated rings. The van der Waals surface area contributed by atoms with Crippen molar-refractivity contribution >= 4 is 23.5 Å². The van der Waals surface area contributed by atoms with E-state index >= 15 is 0 Å². The van der Waals surface area contributed by atoms with Crippen molar-refractivity contribution in [3.63, 3.8) is 0 Å². The van der Waals surface area contributed by atoms with Gasteiger partial charge in [0.25, 0.3) is 5.91 Å². The number of carboxylic acid groups (broad SMARTS) is 1. The predicted octanol–water partition coefficient (Wildman–Crippen LogP) is -1.53. The van der Waals surface area contributed by atoms with Gasteiger partial charge in [-0.1, -0.05) is 0 Å². The molecule has 1 heterocycles. The van der Waals surface area contributed by atoms with E-state index < -0.39 is 18.0 Å². The Labute approximate surface area is 97.0 Å². The smallest absolute Gasteiger partial charge is 0.334 e. The lowest BCUT2D eigenvalue weighted by atomic mass is 10.1. The number of hydrazone groups is 1. The number of aliphatic carboxylic acids is 1. The van der Waals surface area contributed by atoms with E-state index in [1.807, 2.05) is 0 Å². The zero-order chi connectivity index (χ0) is 12.8. The molecule has 1 unspecified atom stereocenters. The number of nitrogens with one attached hydrogen (secondary N) is 2. The van der Waals surface area contributed by atoms with Gasteiger partial charge in [-0.3, -0.25) is 9.59 Å². The average molecular weight is 243 g/mol. The lowest BCUT2D eigenvalue weighted by molar-refractivity contribution is -0.148. The molecule has 0 radical (unpaired) electrons. The van der Waals surface area contributed by atoms with Crippen LogP contribution in [-0.2, 0) is 19.1 Å². The number of hydrogen-bond donors (Lipinski definition) is 3. The van der Waals surface area contributed by atoms with Crippen molar-refractivity contribution in [3.8, 4) is 0 Å². The summed E-state index contributed by atoms with van der Waals surface area (Å²) < 4.78 is 4.64. The van der Waals surface area contributed by atoms with E-state index in [0.717, 1.165) is 0 Å². The number of ether oxygens (including phenoxy) is 1. The molecule has 8 heteroatoms. The Morgan fingerprint density at radius 1 is 1.59 bits per heavy atom. The SMILES string of the molecule is COC(CNC(=O)C1=NNC(=O)CC1)C(=O)O. The lowest BCUT2D eigenvalue weighted by Gasteiger charge is -2.14. The molecular weight excluding hydrogens is 230 g/mol. The normalized spacial score (nSPS) is 16.8. The van der Waals surface area contributed by atoms with Crippen LogP contribution < -0.4 is 10.7 Å². The third-order valence-corrected chi connectivity index (χ3v) is 2.17. The topological polar surface area (TPSA) is 117 Å². The molecule has 94 valence electrons. The molecular formula is C9H13N3O5. The minimum absolute atomic E-state index is 0.155. The highest BCUT2D eigenvalue weighted by Gasteiger charge is 2.21. The summed E-state index contributed by atoms with van der Waals surface area (Å²) in [6, 6.07) is 0. The number of hydrogen-bond acceptors (Lipinski definition) is 5. The summed E-state index contributed by atoms with van der Waals surface area (Å²) >= 11 is 0. The van der Waals surface area contributed by atoms with Crippen molar-refractivity contribution in [1.29, 1.82) is 0 Å². The number of nitrogens with zero attached hydrogens (tertiary/aromatic N) is 1. The van der Waals surface area contributed by atoms with Crippen molar-refractivity contribution < 1.29 is 24.2 Å². The van der Waals surface area contributed by atoms with Crippen LogP contribution in [0.2, 0.25) is 0 Å². The Morgan fingerprint density at radius 2 is 2.29 bits per heavy atom. The first kappa shape index (κ1) is 13.1. The molecule has 0 saturated heterocycles. The van der Waals surface area contributed by atoms with Crippen LogP contribution in [0.1, 0.15) is 12.8 Å². The van der Waals surface area contributed by atoms with Gasteiger partial charge in [-0.25, -0.2) is 10.2 Å². The highest BCUT2D eigenvalue weighted by molar-refractivity contribution is 6.39. The fourth-order valence-corrected chi connectivity index (χ4v) is 1.20. The third-order valence-electron chi connectivity index (χ3n) is 2.17. The summed E-state index contributed by atoms with van der Waals surface area (Å²) in [5.74, 6) is -1.91. The molecule has 0 bridgehead atoms. The summed E-state index contributed by atoms with van der Waals surface area (Å²) in [5, 5.41) is 14.6. The zero-order valence-corrected chi connectivity index (χ0v) is 9.23. The number of amides is 2. The molecule has 0 saturated carbocycles. The molecule has 1 rings (SSSR count). The molecule has 0 aliphatic carbocycles. The molecule has 17 heavy (non-hydrogen) atoms. The van der Waals surface area contributed by atoms with Crippen molar-refractivity contribution in [2.24, 2.45) is 5.10 Å². The second-order valence-electron chi connectivity index (χ2n) is 3.37. The Balaban J connectivity index is 2.44. The third kappa shape index (κ3) is 3.83. The van der Waals surface area contributed by atoms with Gasteiger partial charge < -0.3 is 15.2 Å². The quantitative estimate of drug-likeness (QED) is 0.541. The van der Waals surface area contributed by atoms with E-state index in [1.54, 1.807) is 0 Å². The van der Waals surface area contributed by atoms with Crippen molar-refractivity contribution in [2.75, 3.05) is 13.7 Å². The summed E-state index contributed by atoms with van der Waals surface area (Å²) in [6.07, 6.45) is -0.667. The number of carbonyl (C=O) groups is 3. The fraction of sp³-hybridized carbons (Fsp3) is 0.556. The maximum absolute atomic E-state index is 11.5. The number of methoxy groups -OCH3 is 1. The molecule has 0 spiro atoms. The maximum Gasteiger partial charge on any atom is 0.334 e. The molecule has 3 N–H and O–H groups in total. The summed E-state index contributed by atoms with van der Waals surface area (Å²) in [5.41, 5.74) is 2.35. The van der Waals surface area contributed by atoms with Gasteiger partial charge in [0.1, 0.15) is 5.71 Å². The van der Waals surface area contributed by atoms with Crippen molar-refractivity contribution in [2.45, 2.75) is 18.9 Å². The first-order chi connectivity index (χ1) is 8.04. The second-order valence-corrected chi connectivity index (χ2v) is 3.37. The largest absolute Gasteiger partial charge is 0.479 e. The van der Waals surface area contributed by atoms with Gasteiger partial charge in [-0.15, -0.1) is 0 Å². The number of carboxylic acids is 1. The predicted molar refractivity (Wildman–Crippen MR) is 56.3 cm³/mol. The van der Waals surface area contributed by atoms with E-state index in [1.165, 1.54) is 7.11 Å². The van der Waals surface area contributed by atoms with Gasteiger partial charge >= 0.3 is 5.97 Å². The van der Waals surface area contributed by atoms with E-state index in [4.69, 9.17) is 5.11 Å². The summed E-state index contributed by atoms with van der Waals surface area (Å²) in [6.45, 7) is -0.155. The van der Waals surface area contributed by atoms with E-state index in [0.29, 0.717) is 0 Å². The van der Waals surface area contributed by atoms with Gasteiger partial charge in [-0.05, 0) is 0 Å². The van der Waals surface area contributed by atoms with Crippen LogP contribution in [0.25, 0.3) is 0 Å². The van der Waals surface area contributed by atoms with Gasteiger partial charge in [0, 0.05) is 20.0 Å². The zero-order valence-electron chi connectivity index (χ0n) is 9.23. The second kappa shape index (κ2) is 5.94. The molecule has 1 aliphatic rings. The lowest BCUT2D eigenvalue weighted by Crippen LogP contribution is -2.42. The minimum atomic E-state index is -1.16. The molecule has 0 aromatic carbocycles.